The fourth-order valence-electron chi connectivity index (χ4n) is 4.65. The Bertz CT molecular complexity index is 1160. The van der Waals surface area contributed by atoms with E-state index >= 15 is 0 Å². The Labute approximate surface area is 273 Å². The van der Waals surface area contributed by atoms with Crippen LogP contribution in [0.3, 0.4) is 0 Å². The van der Waals surface area contributed by atoms with Gasteiger partial charge in [-0.25, -0.2) is 0 Å². The van der Waals surface area contributed by atoms with Crippen molar-refractivity contribution in [2.24, 2.45) is 0 Å². The minimum atomic E-state index is -0.0640. The summed E-state index contributed by atoms with van der Waals surface area (Å²) in [7, 11) is 0. The normalized spacial score (nSPS) is 12.9. The lowest BCUT2D eigenvalue weighted by atomic mass is 9.98. The van der Waals surface area contributed by atoms with E-state index in [-0.39, 0.29) is 26.3 Å². The van der Waals surface area contributed by atoms with Gasteiger partial charge in [-0.2, -0.15) is 0 Å². The molecule has 0 aliphatic carbocycles. The number of furan rings is 1. The molecule has 40 heavy (non-hydrogen) atoms. The number of carbonyl (C=O) groups excluding carboxylic acids is 1. The summed E-state index contributed by atoms with van der Waals surface area (Å²) in [5.41, 5.74) is 1.94. The molecule has 0 fully saturated rings. The molecule has 2 unspecified atom stereocenters. The molecule has 3 rings (SSSR count). The second-order valence-corrected chi connectivity index (χ2v) is 12.3. The van der Waals surface area contributed by atoms with Crippen LogP contribution in [0.25, 0.3) is 11.0 Å². The fourth-order valence-corrected chi connectivity index (χ4v) is 6.59. The Morgan fingerprint density at radius 3 is 1.88 bits per heavy atom. The van der Waals surface area contributed by atoms with Gasteiger partial charge in [0.25, 0.3) is 0 Å². The van der Waals surface area contributed by atoms with Gasteiger partial charge in [0.15, 0.2) is 5.78 Å². The van der Waals surface area contributed by atoms with E-state index in [1.807, 2.05) is 42.5 Å². The van der Waals surface area contributed by atoms with E-state index in [0.717, 1.165) is 62.2 Å². The number of halogens is 3. The molecule has 1 aromatic heterocycles. The number of fused-ring (bicyclic) bond motifs is 1. The largest absolute Gasteiger partial charge is 0.491 e. The molecule has 0 amide bonds. The fraction of sp³-hybridized carbons (Fsp3) is 0.516. The highest BCUT2D eigenvalue weighted by Gasteiger charge is 2.23. The zero-order valence-corrected chi connectivity index (χ0v) is 29.4. The van der Waals surface area contributed by atoms with Gasteiger partial charge in [0.2, 0.25) is 0 Å². The first-order valence-corrected chi connectivity index (χ1v) is 16.6. The number of hydrogen-bond acceptors (Lipinski definition) is 6. The lowest BCUT2D eigenvalue weighted by Crippen LogP contribution is -2.35. The molecular formula is C31H43ClI2N2O4. The predicted octanol–water partition coefficient (Wildman–Crippen LogP) is 8.39. The number of rotatable bonds is 17. The number of benzene rings is 2. The first-order chi connectivity index (χ1) is 18.9. The standard InChI is InChI=1S/C31H42I2N2O4.ClH/c1-6-11-15-27-30(25-14-12-13-16-26(25)39-27)31(36)22-17-23(37-20-28(32)34(7-2)8-3)19-24(18-22)38-21-29(33)35(9-4)10-5;/h12-14,16-19,28-29H,6-11,15,20-21H2,1-5H3;1H. The van der Waals surface area contributed by atoms with E-state index in [1.54, 1.807) is 0 Å². The zero-order valence-electron chi connectivity index (χ0n) is 24.3. The number of carbonyl (C=O) groups is 1. The van der Waals surface area contributed by atoms with Crippen molar-refractivity contribution >= 4 is 74.3 Å². The van der Waals surface area contributed by atoms with E-state index in [2.05, 4.69) is 89.6 Å². The molecule has 1 heterocycles. The zero-order chi connectivity index (χ0) is 28.4. The Hall–Kier alpha value is -1.08. The van der Waals surface area contributed by atoms with Gasteiger partial charge in [-0.3, -0.25) is 14.6 Å². The third kappa shape index (κ3) is 9.21. The average molecular weight is 797 g/mol. The monoisotopic (exact) mass is 796 g/mol. The molecular weight excluding hydrogens is 754 g/mol. The van der Waals surface area contributed by atoms with Crippen molar-refractivity contribution in [1.29, 1.82) is 0 Å². The molecule has 0 spiro atoms. The Morgan fingerprint density at radius 2 is 1.38 bits per heavy atom. The molecule has 0 N–H and O–H groups in total. The van der Waals surface area contributed by atoms with Crippen LogP contribution in [0.1, 0.15) is 69.1 Å². The first-order valence-electron chi connectivity index (χ1n) is 14.1. The molecule has 0 aliphatic heterocycles. The van der Waals surface area contributed by atoms with E-state index in [1.165, 1.54) is 0 Å². The maximum absolute atomic E-state index is 14.1. The minimum Gasteiger partial charge on any atom is -0.491 e. The summed E-state index contributed by atoms with van der Waals surface area (Å²) < 4.78 is 19.1. The highest BCUT2D eigenvalue weighted by Crippen LogP contribution is 2.32. The van der Waals surface area contributed by atoms with Crippen LogP contribution in [0.15, 0.2) is 46.9 Å². The molecule has 0 saturated carbocycles. The van der Waals surface area contributed by atoms with Gasteiger partial charge in [-0.15, -0.1) is 12.4 Å². The Kier molecular flexibility index (Phi) is 15.6. The lowest BCUT2D eigenvalue weighted by Gasteiger charge is -2.25. The molecule has 3 aromatic rings. The maximum atomic E-state index is 14.1. The summed E-state index contributed by atoms with van der Waals surface area (Å²) in [6.07, 6.45) is 2.72. The number of likely N-dealkylation sites (N-methyl/N-ethyl adjacent to an activating group) is 2. The molecule has 2 aromatic carbocycles. The first kappa shape index (κ1) is 35.1. The van der Waals surface area contributed by atoms with Gasteiger partial charge in [-0.05, 0) is 50.8 Å². The number of unbranched alkanes of at least 4 members (excludes halogenated alkanes) is 1. The molecule has 6 nitrogen and oxygen atoms in total. The van der Waals surface area contributed by atoms with Crippen LogP contribution in [0, 0.1) is 0 Å². The number of hydrogen-bond donors (Lipinski definition) is 0. The van der Waals surface area contributed by atoms with Crippen molar-refractivity contribution in [3.63, 3.8) is 0 Å². The minimum absolute atomic E-state index is 0. The number of ketones is 1. The van der Waals surface area contributed by atoms with Crippen molar-refractivity contribution in [2.75, 3.05) is 39.4 Å². The van der Waals surface area contributed by atoms with Crippen LogP contribution in [0.5, 0.6) is 11.5 Å². The highest BCUT2D eigenvalue weighted by molar-refractivity contribution is 14.1. The second-order valence-electron chi connectivity index (χ2n) is 9.46. The molecule has 9 heteroatoms. The van der Waals surface area contributed by atoms with Gasteiger partial charge >= 0.3 is 0 Å². The van der Waals surface area contributed by atoms with Crippen LogP contribution in [0.2, 0.25) is 0 Å². The van der Waals surface area contributed by atoms with Crippen LogP contribution in [0.4, 0.5) is 0 Å². The Balaban J connectivity index is 0.00000560. The number of nitrogens with zero attached hydrogens (tertiary/aromatic N) is 2. The van der Waals surface area contributed by atoms with Gasteiger partial charge in [-0.1, -0.05) is 104 Å². The summed E-state index contributed by atoms with van der Waals surface area (Å²) in [5.74, 6) is 1.96. The van der Waals surface area contributed by atoms with Crippen molar-refractivity contribution in [2.45, 2.75) is 62.0 Å². The number of aryl methyl sites for hydroxylation is 1. The summed E-state index contributed by atoms with van der Waals surface area (Å²) in [5, 5.41) is 0.852. The highest BCUT2D eigenvalue weighted by atomic mass is 127. The number of para-hydroxylation sites is 1. The second kappa shape index (κ2) is 17.8. The molecule has 2 atom stereocenters. The van der Waals surface area contributed by atoms with E-state index in [9.17, 15) is 4.79 Å². The summed E-state index contributed by atoms with van der Waals surface area (Å²) >= 11 is 4.84. The van der Waals surface area contributed by atoms with Crippen molar-refractivity contribution < 1.29 is 18.7 Å². The lowest BCUT2D eigenvalue weighted by molar-refractivity contribution is 0.103. The smallest absolute Gasteiger partial charge is 0.197 e. The van der Waals surface area contributed by atoms with E-state index < -0.39 is 0 Å². The SMILES string of the molecule is CCCCc1oc2ccccc2c1C(=O)c1cc(OCC(I)N(CC)CC)cc(OCC(I)N(CC)CC)c1.Cl. The number of alkyl halides is 2. The van der Waals surface area contributed by atoms with Gasteiger partial charge < -0.3 is 13.9 Å². The molecule has 0 radical (unpaired) electrons. The molecule has 222 valence electrons. The van der Waals surface area contributed by atoms with Gasteiger partial charge in [0.1, 0.15) is 36.1 Å². The Morgan fingerprint density at radius 1 is 0.850 bits per heavy atom. The van der Waals surface area contributed by atoms with Crippen LogP contribution in [-0.4, -0.2) is 63.1 Å². The third-order valence-electron chi connectivity index (χ3n) is 6.99. The average Bonchev–Trinajstić information content (AvgIpc) is 3.33. The van der Waals surface area contributed by atoms with E-state index in [0.29, 0.717) is 35.8 Å². The van der Waals surface area contributed by atoms with Crippen molar-refractivity contribution in [3.05, 3.63) is 59.4 Å². The number of ether oxygens (including phenoxy) is 2. The predicted molar refractivity (Wildman–Crippen MR) is 184 cm³/mol. The van der Waals surface area contributed by atoms with Crippen molar-refractivity contribution in [1.82, 2.24) is 9.80 Å². The molecule has 0 aliphatic rings. The topological polar surface area (TPSA) is 55.1 Å². The summed E-state index contributed by atoms with van der Waals surface area (Å²) in [6, 6.07) is 13.4. The van der Waals surface area contributed by atoms with Crippen LogP contribution in [-0.2, 0) is 6.42 Å². The summed E-state index contributed by atoms with van der Waals surface area (Å²) in [6.45, 7) is 15.6. The van der Waals surface area contributed by atoms with Crippen LogP contribution >= 0.6 is 57.6 Å². The summed E-state index contributed by atoms with van der Waals surface area (Å²) in [4.78, 5) is 18.8. The maximum Gasteiger partial charge on any atom is 0.197 e. The quantitative estimate of drug-likeness (QED) is 0.0593. The molecule has 0 saturated heterocycles. The third-order valence-corrected chi connectivity index (χ3v) is 9.28. The molecule has 0 bridgehead atoms. The van der Waals surface area contributed by atoms with E-state index in [4.69, 9.17) is 13.9 Å². The van der Waals surface area contributed by atoms with Crippen LogP contribution < -0.4 is 9.47 Å². The van der Waals surface area contributed by atoms with Crippen molar-refractivity contribution in [3.8, 4) is 11.5 Å². The van der Waals surface area contributed by atoms with Gasteiger partial charge in [0, 0.05) is 23.4 Å². The van der Waals surface area contributed by atoms with Gasteiger partial charge in [0.05, 0.1) is 13.7 Å².